The lowest BCUT2D eigenvalue weighted by molar-refractivity contribution is -0.120. The zero-order valence-corrected chi connectivity index (χ0v) is 9.03. The molecule has 2 heteroatoms. The van der Waals surface area contributed by atoms with E-state index in [9.17, 15) is 4.79 Å². The summed E-state index contributed by atoms with van der Waals surface area (Å²) in [5.41, 5.74) is 1.27. The Kier molecular flexibility index (Phi) is 3.05. The van der Waals surface area contributed by atoms with Crippen molar-refractivity contribution in [1.29, 1.82) is 0 Å². The Labute approximate surface area is 90.3 Å². The van der Waals surface area contributed by atoms with E-state index in [1.165, 1.54) is 5.56 Å². The van der Waals surface area contributed by atoms with Crippen LogP contribution in [0.4, 0.5) is 0 Å². The van der Waals surface area contributed by atoms with E-state index in [2.05, 4.69) is 12.1 Å². The second kappa shape index (κ2) is 4.47. The van der Waals surface area contributed by atoms with Gasteiger partial charge in [0.25, 0.3) is 0 Å². The molecule has 0 spiro atoms. The van der Waals surface area contributed by atoms with Crippen LogP contribution in [0, 0.1) is 0 Å². The first-order valence-electron chi connectivity index (χ1n) is 5.45. The molecule has 1 aromatic carbocycles. The number of rotatable bonds is 2. The number of methoxy groups -OCH3 is 1. The van der Waals surface area contributed by atoms with Crippen LogP contribution in [-0.2, 0) is 4.79 Å². The minimum Gasteiger partial charge on any atom is -0.497 e. The van der Waals surface area contributed by atoms with Crippen molar-refractivity contribution in [2.75, 3.05) is 7.11 Å². The van der Waals surface area contributed by atoms with Crippen molar-refractivity contribution in [3.63, 3.8) is 0 Å². The number of hydrogen-bond donors (Lipinski definition) is 0. The molecule has 1 unspecified atom stereocenters. The van der Waals surface area contributed by atoms with Crippen LogP contribution in [0.1, 0.15) is 37.2 Å². The zero-order chi connectivity index (χ0) is 10.7. The van der Waals surface area contributed by atoms with Gasteiger partial charge in [0.1, 0.15) is 11.5 Å². The van der Waals surface area contributed by atoms with Crippen LogP contribution < -0.4 is 4.74 Å². The first kappa shape index (κ1) is 10.2. The lowest BCUT2D eigenvalue weighted by Crippen LogP contribution is -2.13. The third-order valence-electron chi connectivity index (χ3n) is 3.07. The molecule has 1 aromatic rings. The molecule has 0 N–H and O–H groups in total. The van der Waals surface area contributed by atoms with Crippen LogP contribution in [0.5, 0.6) is 5.75 Å². The first-order valence-corrected chi connectivity index (χ1v) is 5.45. The van der Waals surface area contributed by atoms with Gasteiger partial charge in [0.05, 0.1) is 7.11 Å². The number of hydrogen-bond acceptors (Lipinski definition) is 2. The second-order valence-electron chi connectivity index (χ2n) is 4.11. The van der Waals surface area contributed by atoms with E-state index in [1.54, 1.807) is 7.11 Å². The number of benzene rings is 1. The summed E-state index contributed by atoms with van der Waals surface area (Å²) < 4.78 is 5.11. The summed E-state index contributed by atoms with van der Waals surface area (Å²) in [5.74, 6) is 1.71. The molecule has 80 valence electrons. The molecule has 15 heavy (non-hydrogen) atoms. The van der Waals surface area contributed by atoms with E-state index in [1.807, 2.05) is 12.1 Å². The monoisotopic (exact) mass is 204 g/mol. The molecular formula is C13H16O2. The lowest BCUT2D eigenvalue weighted by atomic mass is 9.83. The van der Waals surface area contributed by atoms with Gasteiger partial charge in [0, 0.05) is 12.8 Å². The quantitative estimate of drug-likeness (QED) is 0.740. The maximum absolute atomic E-state index is 11.3. The summed E-state index contributed by atoms with van der Waals surface area (Å²) in [5, 5.41) is 0. The fourth-order valence-corrected chi connectivity index (χ4v) is 2.19. The molecule has 1 aliphatic carbocycles. The third-order valence-corrected chi connectivity index (χ3v) is 3.07. The summed E-state index contributed by atoms with van der Waals surface area (Å²) in [6.07, 6.45) is 3.66. The molecule has 1 saturated carbocycles. The molecule has 0 heterocycles. The first-order chi connectivity index (χ1) is 7.29. The topological polar surface area (TPSA) is 26.3 Å². The summed E-state index contributed by atoms with van der Waals surface area (Å²) in [4.78, 5) is 11.3. The number of carbonyl (C=O) groups is 1. The van der Waals surface area contributed by atoms with Crippen LogP contribution in [0.25, 0.3) is 0 Å². The molecular weight excluding hydrogens is 188 g/mol. The Morgan fingerprint density at radius 1 is 1.27 bits per heavy atom. The molecule has 0 aliphatic heterocycles. The van der Waals surface area contributed by atoms with Crippen molar-refractivity contribution in [2.45, 2.75) is 31.6 Å². The van der Waals surface area contributed by atoms with Gasteiger partial charge in [-0.05, 0) is 36.5 Å². The van der Waals surface area contributed by atoms with E-state index < -0.39 is 0 Å². The molecule has 0 amide bonds. The summed E-state index contributed by atoms with van der Waals surface area (Å²) >= 11 is 0. The summed E-state index contributed by atoms with van der Waals surface area (Å²) in [6.45, 7) is 0. The predicted molar refractivity (Wildman–Crippen MR) is 59.2 cm³/mol. The van der Waals surface area contributed by atoms with Crippen molar-refractivity contribution in [1.82, 2.24) is 0 Å². The average Bonchev–Trinajstić information content (AvgIpc) is 2.29. The highest BCUT2D eigenvalue weighted by Crippen LogP contribution is 2.31. The SMILES string of the molecule is COc1ccc(C2CCCC(=O)C2)cc1. The van der Waals surface area contributed by atoms with Crippen LogP contribution >= 0.6 is 0 Å². The van der Waals surface area contributed by atoms with Gasteiger partial charge in [-0.1, -0.05) is 12.1 Å². The van der Waals surface area contributed by atoms with Crippen molar-refractivity contribution in [3.05, 3.63) is 29.8 Å². The van der Waals surface area contributed by atoms with Gasteiger partial charge in [0.15, 0.2) is 0 Å². The van der Waals surface area contributed by atoms with Gasteiger partial charge in [-0.25, -0.2) is 0 Å². The molecule has 1 atom stereocenters. The Morgan fingerprint density at radius 3 is 2.60 bits per heavy atom. The molecule has 0 bridgehead atoms. The second-order valence-corrected chi connectivity index (χ2v) is 4.11. The van der Waals surface area contributed by atoms with Crippen molar-refractivity contribution < 1.29 is 9.53 Å². The highest BCUT2D eigenvalue weighted by Gasteiger charge is 2.20. The van der Waals surface area contributed by atoms with Crippen molar-refractivity contribution >= 4 is 5.78 Å². The van der Waals surface area contributed by atoms with E-state index in [0.29, 0.717) is 18.1 Å². The number of ether oxygens (including phenoxy) is 1. The fourth-order valence-electron chi connectivity index (χ4n) is 2.19. The minimum atomic E-state index is 0.405. The third kappa shape index (κ3) is 2.38. The number of carbonyl (C=O) groups excluding carboxylic acids is 1. The van der Waals surface area contributed by atoms with Gasteiger partial charge < -0.3 is 4.74 Å². The molecule has 1 aliphatic rings. The molecule has 0 saturated heterocycles. The highest BCUT2D eigenvalue weighted by molar-refractivity contribution is 5.80. The normalized spacial score (nSPS) is 21.4. The average molecular weight is 204 g/mol. The van der Waals surface area contributed by atoms with Crippen LogP contribution in [-0.4, -0.2) is 12.9 Å². The van der Waals surface area contributed by atoms with Crippen molar-refractivity contribution in [3.8, 4) is 5.75 Å². The Hall–Kier alpha value is -1.31. The maximum atomic E-state index is 11.3. The highest BCUT2D eigenvalue weighted by atomic mass is 16.5. The van der Waals surface area contributed by atoms with Gasteiger partial charge >= 0.3 is 0 Å². The molecule has 2 rings (SSSR count). The lowest BCUT2D eigenvalue weighted by Gasteiger charge is -2.21. The van der Waals surface area contributed by atoms with E-state index >= 15 is 0 Å². The molecule has 0 aromatic heterocycles. The summed E-state index contributed by atoms with van der Waals surface area (Å²) in [6, 6.07) is 8.08. The molecule has 2 nitrogen and oxygen atoms in total. The Balaban J connectivity index is 2.11. The fraction of sp³-hybridized carbons (Fsp3) is 0.462. The Morgan fingerprint density at radius 2 is 2.00 bits per heavy atom. The minimum absolute atomic E-state index is 0.405. The van der Waals surface area contributed by atoms with Gasteiger partial charge in [-0.15, -0.1) is 0 Å². The molecule has 0 radical (unpaired) electrons. The predicted octanol–water partition coefficient (Wildman–Crippen LogP) is 2.92. The largest absolute Gasteiger partial charge is 0.497 e. The molecule has 1 fully saturated rings. The van der Waals surface area contributed by atoms with Crippen LogP contribution in [0.3, 0.4) is 0 Å². The maximum Gasteiger partial charge on any atom is 0.133 e. The smallest absolute Gasteiger partial charge is 0.133 e. The van der Waals surface area contributed by atoms with Crippen molar-refractivity contribution in [2.24, 2.45) is 0 Å². The van der Waals surface area contributed by atoms with E-state index in [-0.39, 0.29) is 0 Å². The van der Waals surface area contributed by atoms with Gasteiger partial charge in [0.2, 0.25) is 0 Å². The standard InChI is InChI=1S/C13H16O2/c1-15-13-7-5-10(6-8-13)11-3-2-4-12(14)9-11/h5-8,11H,2-4,9H2,1H3. The summed E-state index contributed by atoms with van der Waals surface area (Å²) in [7, 11) is 1.67. The van der Waals surface area contributed by atoms with E-state index in [4.69, 9.17) is 4.74 Å². The zero-order valence-electron chi connectivity index (χ0n) is 9.03. The van der Waals surface area contributed by atoms with Gasteiger partial charge in [-0.3, -0.25) is 4.79 Å². The van der Waals surface area contributed by atoms with Gasteiger partial charge in [-0.2, -0.15) is 0 Å². The number of Topliss-reactive ketones (excluding diaryl/α,β-unsaturated/α-hetero) is 1. The number of ketones is 1. The van der Waals surface area contributed by atoms with Crippen LogP contribution in [0.15, 0.2) is 24.3 Å². The Bertz CT molecular complexity index is 340. The van der Waals surface area contributed by atoms with Crippen LogP contribution in [0.2, 0.25) is 0 Å². The van der Waals surface area contributed by atoms with E-state index in [0.717, 1.165) is 25.0 Å².